The molecule has 0 aliphatic heterocycles. The van der Waals surface area contributed by atoms with Gasteiger partial charge in [0.05, 0.1) is 16.6 Å². The van der Waals surface area contributed by atoms with Crippen LogP contribution in [0.5, 0.6) is 0 Å². The highest BCUT2D eigenvalue weighted by Crippen LogP contribution is 2.34. The Morgan fingerprint density at radius 1 is 1.23 bits per heavy atom. The van der Waals surface area contributed by atoms with Gasteiger partial charge in [-0.2, -0.15) is 0 Å². The van der Waals surface area contributed by atoms with Crippen molar-refractivity contribution in [2.24, 2.45) is 0 Å². The van der Waals surface area contributed by atoms with E-state index >= 15 is 0 Å². The summed E-state index contributed by atoms with van der Waals surface area (Å²) in [6, 6.07) is 11.4. The van der Waals surface area contributed by atoms with Crippen LogP contribution in [0.15, 0.2) is 57.4 Å². The van der Waals surface area contributed by atoms with E-state index in [0.717, 1.165) is 12.1 Å². The molecule has 7 nitrogen and oxygen atoms in total. The molecule has 31 heavy (non-hydrogen) atoms. The number of rotatable bonds is 4. The quantitative estimate of drug-likeness (QED) is 0.252. The number of fused-ring (bicyclic) bond motifs is 1. The van der Waals surface area contributed by atoms with Crippen LogP contribution < -0.4 is 5.32 Å². The van der Waals surface area contributed by atoms with Crippen LogP contribution in [-0.2, 0) is 0 Å². The molecule has 1 aromatic heterocycles. The number of halogens is 3. The van der Waals surface area contributed by atoms with Crippen molar-refractivity contribution in [1.29, 1.82) is 0 Å². The number of oxazole rings is 1. The van der Waals surface area contributed by atoms with Gasteiger partial charge in [-0.15, -0.1) is 0 Å². The molecule has 10 heteroatoms. The molecule has 0 unspecified atom stereocenters. The zero-order chi connectivity index (χ0) is 22.3. The Morgan fingerprint density at radius 3 is 2.71 bits per heavy atom. The normalized spacial score (nSPS) is 11.0. The number of hydrogen-bond acceptors (Lipinski definition) is 5. The number of nitrogens with one attached hydrogen (secondary N) is 1. The van der Waals surface area contributed by atoms with Crippen LogP contribution in [0.25, 0.3) is 22.6 Å². The predicted molar refractivity (Wildman–Crippen MR) is 118 cm³/mol. The Labute approximate surface area is 188 Å². The fourth-order valence-electron chi connectivity index (χ4n) is 3.04. The van der Waals surface area contributed by atoms with Gasteiger partial charge in [-0.1, -0.05) is 27.5 Å². The second-order valence-electron chi connectivity index (χ2n) is 6.63. The van der Waals surface area contributed by atoms with E-state index in [1.807, 2.05) is 0 Å². The van der Waals surface area contributed by atoms with E-state index in [1.54, 1.807) is 37.3 Å². The third kappa shape index (κ3) is 4.14. The number of nitro benzene ring substituents is 1. The minimum absolute atomic E-state index is 0.317. The van der Waals surface area contributed by atoms with Gasteiger partial charge in [0.1, 0.15) is 11.3 Å². The summed E-state index contributed by atoms with van der Waals surface area (Å²) in [5.41, 5.74) is 2.02. The van der Waals surface area contributed by atoms with E-state index in [-0.39, 0.29) is 5.56 Å². The zero-order valence-electron chi connectivity index (χ0n) is 15.8. The zero-order valence-corrected chi connectivity index (χ0v) is 18.1. The number of amides is 1. The van der Waals surface area contributed by atoms with Crippen LogP contribution in [0.1, 0.15) is 15.9 Å². The van der Waals surface area contributed by atoms with Gasteiger partial charge >= 0.3 is 0 Å². The summed E-state index contributed by atoms with van der Waals surface area (Å²) in [5.74, 6) is -1.41. The van der Waals surface area contributed by atoms with Crippen molar-refractivity contribution in [3.63, 3.8) is 0 Å². The van der Waals surface area contributed by atoms with E-state index in [2.05, 4.69) is 26.2 Å². The number of nitrogens with zero attached hydrogens (tertiary/aromatic N) is 2. The van der Waals surface area contributed by atoms with Gasteiger partial charge < -0.3 is 9.73 Å². The van der Waals surface area contributed by atoms with Crippen molar-refractivity contribution < 1.29 is 18.5 Å². The maximum Gasteiger partial charge on any atom is 0.272 e. The lowest BCUT2D eigenvalue weighted by atomic mass is 10.1. The molecule has 4 aromatic rings. The lowest BCUT2D eigenvalue weighted by Gasteiger charge is -2.12. The van der Waals surface area contributed by atoms with Crippen LogP contribution in [0.2, 0.25) is 5.02 Å². The molecule has 1 N–H and O–H groups in total. The lowest BCUT2D eigenvalue weighted by Crippen LogP contribution is -2.15. The topological polar surface area (TPSA) is 98.3 Å². The van der Waals surface area contributed by atoms with Crippen LogP contribution in [0.4, 0.5) is 15.8 Å². The van der Waals surface area contributed by atoms with Gasteiger partial charge in [0.25, 0.3) is 11.6 Å². The Hall–Kier alpha value is -3.30. The minimum atomic E-state index is -0.990. The molecule has 4 rings (SSSR count). The Balaban J connectivity index is 1.70. The monoisotopic (exact) mass is 503 g/mol. The summed E-state index contributed by atoms with van der Waals surface area (Å²) in [5, 5.41) is 13.9. The minimum Gasteiger partial charge on any atom is -0.436 e. The van der Waals surface area contributed by atoms with Crippen molar-refractivity contribution >= 4 is 55.9 Å². The summed E-state index contributed by atoms with van der Waals surface area (Å²) in [6.07, 6.45) is 0. The largest absolute Gasteiger partial charge is 0.436 e. The van der Waals surface area contributed by atoms with E-state index in [9.17, 15) is 19.3 Å². The number of carbonyl (C=O) groups excluding carboxylic acids is 1. The van der Waals surface area contributed by atoms with Gasteiger partial charge in [-0.3, -0.25) is 14.9 Å². The second-order valence-corrected chi connectivity index (χ2v) is 7.98. The molecular formula is C21H12BrClFN3O4. The van der Waals surface area contributed by atoms with Gasteiger partial charge in [0.2, 0.25) is 5.89 Å². The first-order valence-electron chi connectivity index (χ1n) is 8.85. The maximum absolute atomic E-state index is 14.2. The molecule has 3 aromatic carbocycles. The number of aromatic nitrogens is 1. The van der Waals surface area contributed by atoms with Crippen molar-refractivity contribution in [3.05, 3.63) is 85.1 Å². The van der Waals surface area contributed by atoms with E-state index in [0.29, 0.717) is 49.4 Å². The fraction of sp³-hybridized carbons (Fsp3) is 0.0476. The van der Waals surface area contributed by atoms with Crippen LogP contribution >= 0.6 is 27.5 Å². The van der Waals surface area contributed by atoms with Gasteiger partial charge in [0.15, 0.2) is 5.58 Å². The number of carbonyl (C=O) groups is 1. The maximum atomic E-state index is 14.2. The standard InChI is InChI=1S/C21H12BrClFN3O4/c1-10-15(21-26-17-5-2-12(23)8-19(17)31-21)6-11(22)7-18(10)25-20(28)14-4-3-13(27(29)30)9-16(14)24/h2-9H,1H3,(H,25,28). The summed E-state index contributed by atoms with van der Waals surface area (Å²) < 4.78 is 20.7. The molecule has 0 spiro atoms. The molecule has 0 bridgehead atoms. The van der Waals surface area contributed by atoms with Gasteiger partial charge in [-0.25, -0.2) is 9.37 Å². The van der Waals surface area contributed by atoms with Crippen LogP contribution in [-0.4, -0.2) is 15.8 Å². The molecule has 0 atom stereocenters. The molecule has 0 saturated carbocycles. The average Bonchev–Trinajstić information content (AvgIpc) is 3.13. The second kappa shape index (κ2) is 8.09. The molecule has 0 aliphatic carbocycles. The SMILES string of the molecule is Cc1c(NC(=O)c2ccc([N+](=O)[O-])cc2F)cc(Br)cc1-c1nc2ccc(Cl)cc2o1. The Morgan fingerprint density at radius 2 is 2.00 bits per heavy atom. The van der Waals surface area contributed by atoms with Crippen LogP contribution in [0, 0.1) is 22.9 Å². The first-order valence-corrected chi connectivity index (χ1v) is 10.0. The summed E-state index contributed by atoms with van der Waals surface area (Å²) >= 11 is 9.40. The number of nitro groups is 1. The lowest BCUT2D eigenvalue weighted by molar-refractivity contribution is -0.385. The summed E-state index contributed by atoms with van der Waals surface area (Å²) in [6.45, 7) is 1.76. The molecule has 1 amide bonds. The Kier molecular flexibility index (Phi) is 5.47. The predicted octanol–water partition coefficient (Wildman–Crippen LogP) is 6.52. The third-order valence-corrected chi connectivity index (χ3v) is 5.30. The highest BCUT2D eigenvalue weighted by molar-refractivity contribution is 9.10. The van der Waals surface area contributed by atoms with Crippen molar-refractivity contribution in [3.8, 4) is 11.5 Å². The van der Waals surface area contributed by atoms with Gasteiger partial charge in [-0.05, 0) is 42.8 Å². The Bertz CT molecular complexity index is 1370. The van der Waals surface area contributed by atoms with Crippen molar-refractivity contribution in [1.82, 2.24) is 4.98 Å². The van der Waals surface area contributed by atoms with E-state index in [4.69, 9.17) is 16.0 Å². The summed E-state index contributed by atoms with van der Waals surface area (Å²) in [7, 11) is 0. The molecule has 0 radical (unpaired) electrons. The molecule has 1 heterocycles. The molecule has 0 aliphatic rings. The number of non-ortho nitro benzene ring substituents is 1. The molecule has 0 saturated heterocycles. The fourth-order valence-corrected chi connectivity index (χ4v) is 3.66. The summed E-state index contributed by atoms with van der Waals surface area (Å²) in [4.78, 5) is 27.1. The van der Waals surface area contributed by atoms with E-state index < -0.39 is 22.3 Å². The highest BCUT2D eigenvalue weighted by atomic mass is 79.9. The van der Waals surface area contributed by atoms with Crippen molar-refractivity contribution in [2.45, 2.75) is 6.92 Å². The molecular weight excluding hydrogens is 493 g/mol. The highest BCUT2D eigenvalue weighted by Gasteiger charge is 2.19. The smallest absolute Gasteiger partial charge is 0.272 e. The molecule has 156 valence electrons. The third-order valence-electron chi connectivity index (χ3n) is 4.61. The van der Waals surface area contributed by atoms with Crippen LogP contribution in [0.3, 0.4) is 0 Å². The number of benzene rings is 3. The van der Waals surface area contributed by atoms with E-state index in [1.165, 1.54) is 0 Å². The first-order chi connectivity index (χ1) is 14.7. The van der Waals surface area contributed by atoms with Crippen molar-refractivity contribution in [2.75, 3.05) is 5.32 Å². The first kappa shape index (κ1) is 21.0. The number of hydrogen-bond donors (Lipinski definition) is 1. The van der Waals surface area contributed by atoms with Gasteiger partial charge in [0, 0.05) is 32.9 Å². The average molecular weight is 505 g/mol. The number of anilines is 1. The molecule has 0 fully saturated rings.